The third-order valence-corrected chi connectivity index (χ3v) is 4.78. The molecular formula is C18H27NO2. The molecule has 0 spiro atoms. The molecule has 21 heavy (non-hydrogen) atoms. The van der Waals surface area contributed by atoms with Crippen molar-refractivity contribution in [2.45, 2.75) is 64.5 Å². The second-order valence-corrected chi connectivity index (χ2v) is 6.34. The van der Waals surface area contributed by atoms with Gasteiger partial charge in [-0.25, -0.2) is 0 Å². The Kier molecular flexibility index (Phi) is 5.40. The van der Waals surface area contributed by atoms with Crippen molar-refractivity contribution >= 4 is 5.91 Å². The molecule has 0 unspecified atom stereocenters. The summed E-state index contributed by atoms with van der Waals surface area (Å²) >= 11 is 0. The third kappa shape index (κ3) is 4.07. The van der Waals surface area contributed by atoms with Crippen molar-refractivity contribution in [3.63, 3.8) is 0 Å². The molecule has 0 aliphatic heterocycles. The zero-order valence-corrected chi connectivity index (χ0v) is 13.4. The van der Waals surface area contributed by atoms with Crippen LogP contribution >= 0.6 is 0 Å². The van der Waals surface area contributed by atoms with Crippen LogP contribution in [0.4, 0.5) is 0 Å². The maximum Gasteiger partial charge on any atom is 0.222 e. The first-order chi connectivity index (χ1) is 9.99. The van der Waals surface area contributed by atoms with Crippen LogP contribution in [0, 0.1) is 13.8 Å². The summed E-state index contributed by atoms with van der Waals surface area (Å²) in [5.74, 6) is 0.138. The number of rotatable bonds is 4. The van der Waals surface area contributed by atoms with Gasteiger partial charge in [0.2, 0.25) is 5.91 Å². The zero-order valence-electron chi connectivity index (χ0n) is 13.4. The van der Waals surface area contributed by atoms with Crippen LogP contribution < -0.4 is 0 Å². The van der Waals surface area contributed by atoms with Crippen molar-refractivity contribution in [3.05, 3.63) is 34.9 Å². The van der Waals surface area contributed by atoms with Gasteiger partial charge >= 0.3 is 0 Å². The average Bonchev–Trinajstić information content (AvgIpc) is 2.48. The molecule has 1 saturated carbocycles. The monoisotopic (exact) mass is 289 g/mol. The third-order valence-electron chi connectivity index (χ3n) is 4.78. The van der Waals surface area contributed by atoms with Gasteiger partial charge in [0.15, 0.2) is 0 Å². The number of hydrogen-bond acceptors (Lipinski definition) is 2. The molecule has 0 saturated heterocycles. The Balaban J connectivity index is 1.89. The van der Waals surface area contributed by atoms with Crippen LogP contribution in [0.1, 0.15) is 48.8 Å². The Labute approximate surface area is 128 Å². The first-order valence-corrected chi connectivity index (χ1v) is 7.99. The summed E-state index contributed by atoms with van der Waals surface area (Å²) in [5, 5.41) is 10.0. The van der Waals surface area contributed by atoms with Gasteiger partial charge in [-0.3, -0.25) is 4.79 Å². The highest BCUT2D eigenvalue weighted by Crippen LogP contribution is 2.23. The van der Waals surface area contributed by atoms with E-state index in [0.29, 0.717) is 6.42 Å². The molecule has 1 aromatic carbocycles. The molecule has 1 amide bonds. The summed E-state index contributed by atoms with van der Waals surface area (Å²) in [7, 11) is 1.84. The Morgan fingerprint density at radius 3 is 2.62 bits per heavy atom. The van der Waals surface area contributed by atoms with Gasteiger partial charge in [0.25, 0.3) is 0 Å². The molecule has 1 aromatic rings. The van der Waals surface area contributed by atoms with E-state index in [0.717, 1.165) is 32.1 Å². The molecule has 1 aliphatic rings. The van der Waals surface area contributed by atoms with Gasteiger partial charge in [0.1, 0.15) is 0 Å². The van der Waals surface area contributed by atoms with E-state index in [1.54, 1.807) is 4.90 Å². The largest absolute Gasteiger partial charge is 0.391 e. The normalized spacial score (nSPS) is 22.1. The summed E-state index contributed by atoms with van der Waals surface area (Å²) in [6.07, 6.45) is 4.86. The molecule has 1 fully saturated rings. The highest BCUT2D eigenvalue weighted by atomic mass is 16.3. The minimum atomic E-state index is -0.352. The van der Waals surface area contributed by atoms with Crippen molar-refractivity contribution < 1.29 is 9.90 Å². The topological polar surface area (TPSA) is 40.5 Å². The fourth-order valence-corrected chi connectivity index (χ4v) is 3.12. The average molecular weight is 289 g/mol. The van der Waals surface area contributed by atoms with Crippen molar-refractivity contribution in [2.24, 2.45) is 0 Å². The maximum absolute atomic E-state index is 12.3. The summed E-state index contributed by atoms with van der Waals surface area (Å²) in [5.41, 5.74) is 3.77. The minimum absolute atomic E-state index is 0.00556. The summed E-state index contributed by atoms with van der Waals surface area (Å²) < 4.78 is 0. The molecule has 1 N–H and O–H groups in total. The van der Waals surface area contributed by atoms with Crippen LogP contribution in [0.25, 0.3) is 0 Å². The summed E-state index contributed by atoms with van der Waals surface area (Å²) in [6.45, 7) is 4.20. The van der Waals surface area contributed by atoms with E-state index in [-0.39, 0.29) is 18.1 Å². The molecular weight excluding hydrogens is 262 g/mol. The molecule has 116 valence electrons. The fraction of sp³-hybridized carbons (Fsp3) is 0.611. The number of carbonyl (C=O) groups is 1. The van der Waals surface area contributed by atoms with Crippen LogP contribution in [0.15, 0.2) is 18.2 Å². The van der Waals surface area contributed by atoms with E-state index in [2.05, 4.69) is 32.0 Å². The Morgan fingerprint density at radius 2 is 1.95 bits per heavy atom. The second kappa shape index (κ2) is 7.08. The Bertz CT molecular complexity index is 498. The molecule has 3 nitrogen and oxygen atoms in total. The van der Waals surface area contributed by atoms with E-state index >= 15 is 0 Å². The molecule has 0 bridgehead atoms. The van der Waals surface area contributed by atoms with Gasteiger partial charge in [-0.15, -0.1) is 0 Å². The zero-order chi connectivity index (χ0) is 15.4. The first kappa shape index (κ1) is 16.0. The SMILES string of the molecule is Cc1ccc(CCC(=O)N(C)[C@@H]2CCCC[C@@H]2O)cc1C. The van der Waals surface area contributed by atoms with Crippen molar-refractivity contribution in [2.75, 3.05) is 7.05 Å². The van der Waals surface area contributed by atoms with Crippen LogP contribution in [0.2, 0.25) is 0 Å². The second-order valence-electron chi connectivity index (χ2n) is 6.34. The van der Waals surface area contributed by atoms with Crippen LogP contribution in [-0.2, 0) is 11.2 Å². The summed E-state index contributed by atoms with van der Waals surface area (Å²) in [6, 6.07) is 6.39. The van der Waals surface area contributed by atoms with Gasteiger partial charge in [-0.1, -0.05) is 31.0 Å². The van der Waals surface area contributed by atoms with Crippen molar-refractivity contribution in [1.82, 2.24) is 4.90 Å². The summed E-state index contributed by atoms with van der Waals surface area (Å²) in [4.78, 5) is 14.1. The standard InChI is InChI=1S/C18H27NO2/c1-13-8-9-15(12-14(13)2)10-11-18(21)19(3)16-6-4-5-7-17(16)20/h8-9,12,16-17,20H,4-7,10-11H2,1-3H3/t16-,17+/m1/s1. The minimum Gasteiger partial charge on any atom is -0.391 e. The number of benzene rings is 1. The highest BCUT2D eigenvalue weighted by molar-refractivity contribution is 5.76. The lowest BCUT2D eigenvalue weighted by Crippen LogP contribution is -2.46. The van der Waals surface area contributed by atoms with Gasteiger partial charge in [0.05, 0.1) is 12.1 Å². The van der Waals surface area contributed by atoms with Crippen LogP contribution in [0.3, 0.4) is 0 Å². The molecule has 0 aromatic heterocycles. The van der Waals surface area contributed by atoms with Crippen LogP contribution in [-0.4, -0.2) is 35.1 Å². The molecule has 0 heterocycles. The van der Waals surface area contributed by atoms with Gasteiger partial charge in [-0.2, -0.15) is 0 Å². The van der Waals surface area contributed by atoms with E-state index < -0.39 is 0 Å². The Hall–Kier alpha value is -1.35. The molecule has 2 atom stereocenters. The van der Waals surface area contributed by atoms with Crippen molar-refractivity contribution in [1.29, 1.82) is 0 Å². The quantitative estimate of drug-likeness (QED) is 0.925. The van der Waals surface area contributed by atoms with E-state index in [1.807, 2.05) is 7.05 Å². The first-order valence-electron chi connectivity index (χ1n) is 7.99. The predicted molar refractivity (Wildman–Crippen MR) is 85.3 cm³/mol. The highest BCUT2D eigenvalue weighted by Gasteiger charge is 2.28. The Morgan fingerprint density at radius 1 is 1.24 bits per heavy atom. The molecule has 1 aliphatic carbocycles. The maximum atomic E-state index is 12.3. The van der Waals surface area contributed by atoms with E-state index in [1.165, 1.54) is 16.7 Å². The number of aliphatic hydroxyl groups is 1. The van der Waals surface area contributed by atoms with E-state index in [4.69, 9.17) is 0 Å². The van der Waals surface area contributed by atoms with E-state index in [9.17, 15) is 9.90 Å². The smallest absolute Gasteiger partial charge is 0.222 e. The number of hydrogen-bond donors (Lipinski definition) is 1. The predicted octanol–water partition coefficient (Wildman–Crippen LogP) is 3.00. The van der Waals surface area contributed by atoms with Gasteiger partial charge in [-0.05, 0) is 49.8 Å². The lowest BCUT2D eigenvalue weighted by molar-refractivity contribution is -0.135. The number of likely N-dealkylation sites (N-methyl/N-ethyl adjacent to an activating group) is 1. The number of aryl methyl sites for hydroxylation is 3. The number of nitrogens with zero attached hydrogens (tertiary/aromatic N) is 1. The number of carbonyl (C=O) groups excluding carboxylic acids is 1. The number of aliphatic hydroxyl groups excluding tert-OH is 1. The lowest BCUT2D eigenvalue weighted by atomic mass is 9.91. The fourth-order valence-electron chi connectivity index (χ4n) is 3.12. The van der Waals surface area contributed by atoms with Gasteiger partial charge in [0, 0.05) is 13.5 Å². The molecule has 3 heteroatoms. The lowest BCUT2D eigenvalue weighted by Gasteiger charge is -2.35. The molecule has 2 rings (SSSR count). The molecule has 0 radical (unpaired) electrons. The van der Waals surface area contributed by atoms with Crippen molar-refractivity contribution in [3.8, 4) is 0 Å². The van der Waals surface area contributed by atoms with Gasteiger partial charge < -0.3 is 10.0 Å². The van der Waals surface area contributed by atoms with Crippen LogP contribution in [0.5, 0.6) is 0 Å². The number of amides is 1.